The van der Waals surface area contributed by atoms with Crippen molar-refractivity contribution >= 4 is 41.1 Å². The molecule has 0 saturated heterocycles. The number of allylic oxidation sites excluding steroid dienone is 1. The van der Waals surface area contributed by atoms with Gasteiger partial charge in [0.2, 0.25) is 0 Å². The van der Waals surface area contributed by atoms with Crippen LogP contribution < -0.4 is 20.8 Å². The Morgan fingerprint density at radius 1 is 0.842 bits per heavy atom. The van der Waals surface area contributed by atoms with Gasteiger partial charge in [0.05, 0.1) is 37.0 Å². The number of fused-ring (bicyclic) bond motifs is 1. The fraction of sp³-hybridized carbons (Fsp3) is 0.200. The molecule has 0 aliphatic carbocycles. The van der Waals surface area contributed by atoms with Crippen LogP contribution >= 0.6 is 14.5 Å². The van der Waals surface area contributed by atoms with Crippen molar-refractivity contribution in [2.24, 2.45) is 7.05 Å². The summed E-state index contributed by atoms with van der Waals surface area (Å²) in [5.74, 6) is 0.769. The summed E-state index contributed by atoms with van der Waals surface area (Å²) >= 11 is 0. The zero-order valence-corrected chi connectivity index (χ0v) is 23.9. The topological polar surface area (TPSA) is 62.6 Å². The minimum atomic E-state index is -3.75. The van der Waals surface area contributed by atoms with E-state index in [1.165, 1.54) is 0 Å². The molecular formula is C30H32N2O4P2. The maximum atomic E-state index is 14.9. The van der Waals surface area contributed by atoms with Crippen LogP contribution in [0.1, 0.15) is 25.0 Å². The maximum Gasteiger partial charge on any atom is 0.362 e. The number of rotatable bonds is 9. The zero-order chi connectivity index (χ0) is 26.8. The Bertz CT molecular complexity index is 1510. The predicted octanol–water partition coefficient (Wildman–Crippen LogP) is 5.56. The van der Waals surface area contributed by atoms with Gasteiger partial charge in [0, 0.05) is 19.5 Å². The number of aryl methyl sites for hydroxylation is 1. The molecule has 1 aliphatic rings. The van der Waals surface area contributed by atoms with E-state index in [0.29, 0.717) is 5.03 Å². The normalized spacial score (nSPS) is 14.6. The molecule has 1 aromatic heterocycles. The Morgan fingerprint density at radius 3 is 1.89 bits per heavy atom. The minimum Gasteiger partial charge on any atom is -0.497 e. The van der Waals surface area contributed by atoms with Crippen molar-refractivity contribution < 1.29 is 18.3 Å². The molecular weight excluding hydrogens is 514 g/mol. The predicted molar refractivity (Wildman–Crippen MR) is 158 cm³/mol. The smallest absolute Gasteiger partial charge is 0.362 e. The van der Waals surface area contributed by atoms with Crippen molar-refractivity contribution in [1.82, 2.24) is 9.78 Å². The first-order chi connectivity index (χ1) is 18.5. The quantitative estimate of drug-likeness (QED) is 0.257. The van der Waals surface area contributed by atoms with Gasteiger partial charge in [-0.15, -0.1) is 0 Å². The monoisotopic (exact) mass is 546 g/mol. The summed E-state index contributed by atoms with van der Waals surface area (Å²) < 4.78 is 34.4. The van der Waals surface area contributed by atoms with E-state index in [-0.39, 0.29) is 13.2 Å². The highest BCUT2D eigenvalue weighted by atomic mass is 31.2. The molecule has 196 valence electrons. The van der Waals surface area contributed by atoms with Crippen LogP contribution in [-0.2, 0) is 20.7 Å². The largest absolute Gasteiger partial charge is 0.497 e. The summed E-state index contributed by atoms with van der Waals surface area (Å²) in [7, 11) is -0.137. The molecule has 8 heteroatoms. The lowest BCUT2D eigenvalue weighted by Gasteiger charge is -2.37. The summed E-state index contributed by atoms with van der Waals surface area (Å²) in [6, 6.07) is 28.5. The molecule has 5 rings (SSSR count). The molecule has 0 atom stereocenters. The average Bonchev–Trinajstić information content (AvgIpc) is 3.35. The fourth-order valence-corrected chi connectivity index (χ4v) is 13.4. The van der Waals surface area contributed by atoms with Crippen molar-refractivity contribution in [3.05, 3.63) is 108 Å². The highest BCUT2D eigenvalue weighted by Gasteiger charge is 2.45. The fourth-order valence-electron chi connectivity index (χ4n) is 5.17. The van der Waals surface area contributed by atoms with Gasteiger partial charge in [-0.1, -0.05) is 72.8 Å². The van der Waals surface area contributed by atoms with E-state index in [2.05, 4.69) is 24.3 Å². The summed E-state index contributed by atoms with van der Waals surface area (Å²) in [5, 5.41) is 7.56. The Balaban J connectivity index is 2.02. The standard InChI is InChI=1S/C30H32N2O4P2/c1-5-35-38(33,36-6-2)29-21-27(23-17-19-24(34-4)20-18-23)28-22-31-32(3)30(28)37(29,25-13-9-7-10-14-25)26-15-11-8-12-16-26/h7-22H,5-6H2,1-4H3. The van der Waals surface area contributed by atoms with E-state index in [1.54, 1.807) is 7.11 Å². The summed E-state index contributed by atoms with van der Waals surface area (Å²) in [5.41, 5.74) is 3.91. The third kappa shape index (κ3) is 4.32. The molecule has 0 fully saturated rings. The maximum absolute atomic E-state index is 14.9. The van der Waals surface area contributed by atoms with Gasteiger partial charge in [-0.2, -0.15) is 5.10 Å². The third-order valence-electron chi connectivity index (χ3n) is 6.70. The first kappa shape index (κ1) is 26.5. The zero-order valence-electron chi connectivity index (χ0n) is 22.1. The molecule has 0 N–H and O–H groups in total. The number of nitrogens with zero attached hydrogens (tertiary/aromatic N) is 2. The Morgan fingerprint density at radius 2 is 1.39 bits per heavy atom. The first-order valence-corrected chi connectivity index (χ1v) is 16.0. The Hall–Kier alpha value is -3.14. The van der Waals surface area contributed by atoms with Gasteiger partial charge in [0.15, 0.2) is 0 Å². The van der Waals surface area contributed by atoms with Gasteiger partial charge in [-0.25, -0.2) is 0 Å². The van der Waals surface area contributed by atoms with Gasteiger partial charge in [-0.3, -0.25) is 9.25 Å². The lowest BCUT2D eigenvalue weighted by Crippen LogP contribution is -2.37. The lowest BCUT2D eigenvalue weighted by molar-refractivity contribution is 0.233. The number of aromatic nitrogens is 2. The second-order valence-electron chi connectivity index (χ2n) is 8.83. The van der Waals surface area contributed by atoms with Gasteiger partial charge in [-0.05, 0) is 53.8 Å². The SMILES string of the molecule is CCOP(=O)(OCC)C1=P(c2ccccc2)(c2ccccc2)c2c(cnn2C)C(c2ccc(OC)cc2)=C1. The number of hydrogen-bond donors (Lipinski definition) is 0. The van der Waals surface area contributed by atoms with E-state index in [4.69, 9.17) is 18.9 Å². The van der Waals surface area contributed by atoms with Crippen LogP contribution in [0, 0.1) is 0 Å². The molecule has 0 bridgehead atoms. The highest BCUT2D eigenvalue weighted by Crippen LogP contribution is 2.64. The van der Waals surface area contributed by atoms with Gasteiger partial charge in [0.1, 0.15) is 5.75 Å². The van der Waals surface area contributed by atoms with Crippen molar-refractivity contribution in [3.8, 4) is 5.75 Å². The van der Waals surface area contributed by atoms with E-state index in [9.17, 15) is 4.57 Å². The summed E-state index contributed by atoms with van der Waals surface area (Å²) in [4.78, 5) is 0. The first-order valence-electron chi connectivity index (χ1n) is 12.7. The second kappa shape index (κ2) is 10.9. The molecule has 0 amide bonds. The van der Waals surface area contributed by atoms with E-state index < -0.39 is 14.5 Å². The average molecular weight is 547 g/mol. The molecule has 0 spiro atoms. The van der Waals surface area contributed by atoms with Crippen molar-refractivity contribution in [2.75, 3.05) is 20.3 Å². The van der Waals surface area contributed by atoms with E-state index >= 15 is 0 Å². The second-order valence-corrected chi connectivity index (χ2v) is 14.5. The number of methoxy groups -OCH3 is 1. The van der Waals surface area contributed by atoms with E-state index in [1.807, 2.05) is 98.5 Å². The van der Waals surface area contributed by atoms with Gasteiger partial charge in [0.25, 0.3) is 0 Å². The molecule has 4 aromatic rings. The number of ether oxygens (including phenoxy) is 1. The number of hydrogen-bond acceptors (Lipinski definition) is 5. The molecule has 6 nitrogen and oxygen atoms in total. The molecule has 38 heavy (non-hydrogen) atoms. The van der Waals surface area contributed by atoms with E-state index in [0.717, 1.165) is 38.5 Å². The Kier molecular flexibility index (Phi) is 7.61. The van der Waals surface area contributed by atoms with Crippen LogP contribution in [0.2, 0.25) is 0 Å². The van der Waals surface area contributed by atoms with Crippen molar-refractivity contribution in [3.63, 3.8) is 0 Å². The molecule has 3 aromatic carbocycles. The molecule has 0 saturated carbocycles. The van der Waals surface area contributed by atoms with Crippen LogP contribution in [0.4, 0.5) is 0 Å². The third-order valence-corrected chi connectivity index (χ3v) is 14.3. The summed E-state index contributed by atoms with van der Waals surface area (Å²) in [6.07, 6.45) is 3.96. The van der Waals surface area contributed by atoms with Crippen molar-refractivity contribution in [2.45, 2.75) is 13.8 Å². The molecule has 2 heterocycles. The highest BCUT2D eigenvalue weighted by molar-refractivity contribution is 8.06. The Labute approximate surface area is 224 Å². The van der Waals surface area contributed by atoms with Crippen LogP contribution in [0.25, 0.3) is 5.57 Å². The van der Waals surface area contributed by atoms with Gasteiger partial charge < -0.3 is 13.8 Å². The molecule has 1 aliphatic heterocycles. The van der Waals surface area contributed by atoms with Gasteiger partial charge >= 0.3 is 7.60 Å². The van der Waals surface area contributed by atoms with Crippen LogP contribution in [-0.4, -0.2) is 35.1 Å². The van der Waals surface area contributed by atoms with Crippen LogP contribution in [0.3, 0.4) is 0 Å². The molecule has 0 unspecified atom stereocenters. The minimum absolute atomic E-state index is 0.258. The number of benzene rings is 3. The van der Waals surface area contributed by atoms with Crippen LogP contribution in [0.5, 0.6) is 5.75 Å². The lowest BCUT2D eigenvalue weighted by atomic mass is 10.0. The van der Waals surface area contributed by atoms with Crippen LogP contribution in [0.15, 0.2) is 97.2 Å². The van der Waals surface area contributed by atoms with Crippen molar-refractivity contribution in [1.29, 1.82) is 0 Å². The summed E-state index contributed by atoms with van der Waals surface area (Å²) in [6.45, 7) is 1.48. The molecule has 0 radical (unpaired) electrons.